The molecule has 4 N–H and O–H groups in total. The molecule has 0 fully saturated rings. The number of fused-ring (bicyclic) bond motifs is 1. The van der Waals surface area contributed by atoms with Gasteiger partial charge in [-0.3, -0.25) is 4.79 Å². The molecule has 2 atom stereocenters. The zero-order valence-electron chi connectivity index (χ0n) is 21.5. The third-order valence-electron chi connectivity index (χ3n) is 6.69. The van der Waals surface area contributed by atoms with Crippen LogP contribution in [0.2, 0.25) is 0 Å². The number of pyridine rings is 1. The molecule has 1 aromatic heterocycles. The monoisotopic (exact) mass is 627 g/mol. The third-order valence-corrected chi connectivity index (χ3v) is 6.69. The highest BCUT2D eigenvalue weighted by atomic mass is 19.4. The maximum Gasteiger partial charge on any atom is 0.424 e. The lowest BCUT2D eigenvalue weighted by molar-refractivity contribution is -0.265. The normalized spacial score (nSPS) is 18.4. The molecule has 1 aliphatic rings. The molecule has 0 bridgehead atoms. The van der Waals surface area contributed by atoms with E-state index in [2.05, 4.69) is 9.72 Å². The molecule has 1 unspecified atom stereocenters. The molecule has 0 spiro atoms. The highest BCUT2D eigenvalue weighted by Gasteiger charge is 2.61. The lowest BCUT2D eigenvalue weighted by atomic mass is 9.87. The van der Waals surface area contributed by atoms with Gasteiger partial charge in [-0.25, -0.2) is 9.37 Å². The summed E-state index contributed by atoms with van der Waals surface area (Å²) < 4.78 is 148. The summed E-state index contributed by atoms with van der Waals surface area (Å²) in [5.74, 6) is -3.70. The van der Waals surface area contributed by atoms with Gasteiger partial charge in [0.15, 0.2) is 11.3 Å². The third kappa shape index (κ3) is 5.65. The van der Waals surface area contributed by atoms with Crippen molar-refractivity contribution >= 4 is 5.91 Å². The zero-order chi connectivity index (χ0) is 32.2. The number of alkyl halides is 9. The molecule has 3 aromatic rings. The minimum absolute atomic E-state index is 0.198. The van der Waals surface area contributed by atoms with Gasteiger partial charge < -0.3 is 25.6 Å². The van der Waals surface area contributed by atoms with Crippen LogP contribution < -0.4 is 20.5 Å². The summed E-state index contributed by atoms with van der Waals surface area (Å²) >= 11 is 0. The molecular weight excluding hydrogens is 608 g/mol. The average Bonchev–Trinajstić information content (AvgIpc) is 3.27. The Morgan fingerprint density at radius 3 is 2.21 bits per heavy atom. The quantitative estimate of drug-likeness (QED) is 0.325. The van der Waals surface area contributed by atoms with Crippen molar-refractivity contribution in [3.8, 4) is 22.8 Å². The van der Waals surface area contributed by atoms with E-state index in [1.807, 2.05) is 0 Å². The number of benzene rings is 2. The van der Waals surface area contributed by atoms with Crippen molar-refractivity contribution in [1.82, 2.24) is 10.3 Å². The number of hydrogen-bond donors (Lipinski definition) is 3. The Labute approximate surface area is 235 Å². The summed E-state index contributed by atoms with van der Waals surface area (Å²) in [4.78, 5) is 16.4. The number of rotatable bonds is 6. The van der Waals surface area contributed by atoms with E-state index in [-0.39, 0.29) is 11.6 Å². The molecule has 0 saturated heterocycles. The molecule has 4 rings (SSSR count). The zero-order valence-corrected chi connectivity index (χ0v) is 21.5. The van der Waals surface area contributed by atoms with Crippen LogP contribution in [0.25, 0.3) is 11.3 Å². The van der Waals surface area contributed by atoms with Crippen LogP contribution in [0.1, 0.15) is 27.2 Å². The van der Waals surface area contributed by atoms with Crippen molar-refractivity contribution < 1.29 is 63.3 Å². The lowest BCUT2D eigenvalue weighted by Gasteiger charge is -2.32. The molecule has 17 heteroatoms. The number of halogens is 10. The SMILES string of the molecule is COc1cc(C(=O)NCC(O)(c2cc3c(c(-c4ccc(F)cc4)n2)OC[C@@]3(N)C(F)(F)F)C(F)(F)F)ccc1C(F)(F)F. The number of nitrogens with two attached hydrogens (primary N) is 1. The number of nitrogens with zero attached hydrogens (tertiary/aromatic N) is 1. The number of methoxy groups -OCH3 is 1. The van der Waals surface area contributed by atoms with E-state index in [4.69, 9.17) is 10.5 Å². The van der Waals surface area contributed by atoms with Crippen LogP contribution in [-0.2, 0) is 17.3 Å². The summed E-state index contributed by atoms with van der Waals surface area (Å²) in [7, 11) is 0.856. The first-order chi connectivity index (χ1) is 19.7. The van der Waals surface area contributed by atoms with Crippen LogP contribution in [0.5, 0.6) is 11.5 Å². The first-order valence-corrected chi connectivity index (χ1v) is 11.9. The minimum atomic E-state index is -5.70. The number of aliphatic hydroxyl groups is 1. The van der Waals surface area contributed by atoms with Gasteiger partial charge in [0.25, 0.3) is 5.91 Å². The summed E-state index contributed by atoms with van der Waals surface area (Å²) in [6.45, 7) is -3.01. The maximum absolute atomic E-state index is 14.4. The first kappa shape index (κ1) is 31.8. The number of hydrogen-bond acceptors (Lipinski definition) is 6. The van der Waals surface area contributed by atoms with Gasteiger partial charge in [-0.15, -0.1) is 0 Å². The topological polar surface area (TPSA) is 107 Å². The fourth-order valence-corrected chi connectivity index (χ4v) is 4.24. The standard InChI is InChI=1S/C26H19F10N3O4/c1-42-17-8-13(4-7-15(17)24(28,29)30)21(40)38-10-23(41,26(34,35)36)18-9-16-20(43-11-22(16,37)25(31,32)33)19(39-18)12-2-5-14(27)6-3-12/h2-9,41H,10-11,37H2,1H3,(H,38,40)/t22-,23?/m0/s1. The molecule has 0 aliphatic carbocycles. The Kier molecular flexibility index (Phi) is 7.80. The summed E-state index contributed by atoms with van der Waals surface area (Å²) in [6.07, 6.45) is -15.9. The van der Waals surface area contributed by atoms with Gasteiger partial charge in [-0.1, -0.05) is 0 Å². The van der Waals surface area contributed by atoms with Crippen molar-refractivity contribution in [2.75, 3.05) is 20.3 Å². The van der Waals surface area contributed by atoms with Gasteiger partial charge >= 0.3 is 18.5 Å². The van der Waals surface area contributed by atoms with E-state index < -0.39 is 94.1 Å². The Hall–Kier alpha value is -4.12. The molecule has 1 aliphatic heterocycles. The molecule has 2 aromatic carbocycles. The van der Waals surface area contributed by atoms with Crippen LogP contribution in [0.4, 0.5) is 43.9 Å². The molecular formula is C26H19F10N3O4. The highest BCUT2D eigenvalue weighted by molar-refractivity contribution is 5.94. The summed E-state index contributed by atoms with van der Waals surface area (Å²) in [5, 5.41) is 12.6. The predicted octanol–water partition coefficient (Wildman–Crippen LogP) is 5.20. The van der Waals surface area contributed by atoms with Crippen molar-refractivity contribution in [2.24, 2.45) is 5.73 Å². The van der Waals surface area contributed by atoms with E-state index in [0.717, 1.165) is 31.4 Å². The molecule has 2 heterocycles. The largest absolute Gasteiger partial charge is 0.496 e. The van der Waals surface area contributed by atoms with Crippen molar-refractivity contribution in [3.05, 3.63) is 76.7 Å². The second-order valence-electron chi connectivity index (χ2n) is 9.45. The molecule has 1 amide bonds. The smallest absolute Gasteiger partial charge is 0.424 e. The number of carbonyl (C=O) groups is 1. The van der Waals surface area contributed by atoms with Crippen LogP contribution >= 0.6 is 0 Å². The fourth-order valence-electron chi connectivity index (χ4n) is 4.24. The van der Waals surface area contributed by atoms with Gasteiger partial charge in [-0.05, 0) is 48.5 Å². The summed E-state index contributed by atoms with van der Waals surface area (Å²) in [6, 6.07) is 5.58. The second-order valence-corrected chi connectivity index (χ2v) is 9.45. The minimum Gasteiger partial charge on any atom is -0.496 e. The number of amides is 1. The second kappa shape index (κ2) is 10.6. The Balaban J connectivity index is 1.81. The van der Waals surface area contributed by atoms with Crippen molar-refractivity contribution in [3.63, 3.8) is 0 Å². The van der Waals surface area contributed by atoms with Crippen molar-refractivity contribution in [1.29, 1.82) is 0 Å². The van der Waals surface area contributed by atoms with E-state index in [1.165, 1.54) is 0 Å². The van der Waals surface area contributed by atoms with Gasteiger partial charge in [-0.2, -0.15) is 39.5 Å². The highest BCUT2D eigenvalue weighted by Crippen LogP contribution is 2.51. The lowest BCUT2D eigenvalue weighted by Crippen LogP contribution is -2.53. The molecule has 43 heavy (non-hydrogen) atoms. The van der Waals surface area contributed by atoms with Crippen LogP contribution in [-0.4, -0.2) is 48.6 Å². The van der Waals surface area contributed by atoms with Crippen molar-refractivity contribution in [2.45, 2.75) is 29.7 Å². The Morgan fingerprint density at radius 1 is 1.05 bits per heavy atom. The average molecular weight is 627 g/mol. The first-order valence-electron chi connectivity index (χ1n) is 11.9. The summed E-state index contributed by atoms with van der Waals surface area (Å²) in [5.41, 5.74) is -7.16. The molecule has 7 nitrogen and oxygen atoms in total. The fraction of sp³-hybridized carbons (Fsp3) is 0.308. The van der Waals surface area contributed by atoms with E-state index in [0.29, 0.717) is 18.2 Å². The number of aromatic nitrogens is 1. The van der Waals surface area contributed by atoms with Gasteiger partial charge in [0.2, 0.25) is 5.60 Å². The molecule has 0 saturated carbocycles. The van der Waals surface area contributed by atoms with Crippen LogP contribution in [0, 0.1) is 5.82 Å². The van der Waals surface area contributed by atoms with E-state index in [1.54, 1.807) is 5.32 Å². The maximum atomic E-state index is 14.4. The van der Waals surface area contributed by atoms with E-state index >= 15 is 0 Å². The molecule has 0 radical (unpaired) electrons. The number of nitrogens with one attached hydrogen (secondary N) is 1. The van der Waals surface area contributed by atoms with Gasteiger partial charge in [0.1, 0.15) is 23.9 Å². The van der Waals surface area contributed by atoms with Gasteiger partial charge in [0, 0.05) is 16.7 Å². The predicted molar refractivity (Wildman–Crippen MR) is 127 cm³/mol. The molecule has 232 valence electrons. The number of carbonyl (C=O) groups excluding carboxylic acids is 1. The van der Waals surface area contributed by atoms with Crippen LogP contribution in [0.15, 0.2) is 48.5 Å². The Bertz CT molecular complexity index is 1540. The Morgan fingerprint density at radius 2 is 1.67 bits per heavy atom. The van der Waals surface area contributed by atoms with Gasteiger partial charge in [0.05, 0.1) is 24.9 Å². The van der Waals surface area contributed by atoms with E-state index in [9.17, 15) is 53.8 Å². The van der Waals surface area contributed by atoms with Crippen LogP contribution in [0.3, 0.4) is 0 Å². The number of ether oxygens (including phenoxy) is 2.